The maximum Gasteiger partial charge on any atom is -0.0131 e. The van der Waals surface area contributed by atoms with Crippen LogP contribution in [0.4, 0.5) is 0 Å². The molecule has 0 heterocycles. The van der Waals surface area contributed by atoms with Crippen molar-refractivity contribution in [3.05, 3.63) is 23.8 Å². The number of hydrogen-bond acceptors (Lipinski definition) is 0. The normalized spacial score (nSPS) is 41.1. The molecule has 3 atom stereocenters. The third kappa shape index (κ3) is 1.36. The van der Waals surface area contributed by atoms with E-state index in [1.807, 2.05) is 0 Å². The average Bonchev–Trinajstić information content (AvgIpc) is 2.29. The Bertz CT molecular complexity index is 272. The topological polar surface area (TPSA) is 0 Å². The van der Waals surface area contributed by atoms with Gasteiger partial charge in [0.2, 0.25) is 0 Å². The Morgan fingerprint density at radius 2 is 2.00 bits per heavy atom. The van der Waals surface area contributed by atoms with Gasteiger partial charge in [0.15, 0.2) is 0 Å². The van der Waals surface area contributed by atoms with Crippen LogP contribution in [0.15, 0.2) is 23.8 Å². The van der Waals surface area contributed by atoms with Crippen molar-refractivity contribution in [3.8, 4) is 0 Å². The van der Waals surface area contributed by atoms with E-state index >= 15 is 0 Å². The lowest BCUT2D eigenvalue weighted by atomic mass is 9.63. The van der Waals surface area contributed by atoms with Crippen molar-refractivity contribution >= 4 is 0 Å². The second kappa shape index (κ2) is 3.56. The van der Waals surface area contributed by atoms with Gasteiger partial charge in [-0.05, 0) is 55.4 Å². The summed E-state index contributed by atoms with van der Waals surface area (Å²) < 4.78 is 0. The van der Waals surface area contributed by atoms with Gasteiger partial charge in [0.1, 0.15) is 0 Å². The summed E-state index contributed by atoms with van der Waals surface area (Å²) in [6.45, 7) is 0. The molecule has 0 spiro atoms. The van der Waals surface area contributed by atoms with Gasteiger partial charge in [0.25, 0.3) is 0 Å². The molecule has 0 N–H and O–H groups in total. The van der Waals surface area contributed by atoms with Gasteiger partial charge in [-0.3, -0.25) is 0 Å². The minimum atomic E-state index is 0.944. The molecule has 3 aliphatic carbocycles. The molecule has 0 aromatic carbocycles. The van der Waals surface area contributed by atoms with Gasteiger partial charge in [0, 0.05) is 0 Å². The first kappa shape index (κ1) is 8.76. The minimum absolute atomic E-state index is 0.944. The van der Waals surface area contributed by atoms with E-state index in [-0.39, 0.29) is 0 Å². The van der Waals surface area contributed by atoms with Crippen LogP contribution in [0.1, 0.15) is 44.9 Å². The van der Waals surface area contributed by atoms with Gasteiger partial charge in [-0.15, -0.1) is 0 Å². The summed E-state index contributed by atoms with van der Waals surface area (Å²) in [5.41, 5.74) is 1.68. The molecule has 0 heteroatoms. The molecular weight excluding hydrogens is 168 g/mol. The summed E-state index contributed by atoms with van der Waals surface area (Å²) in [5.74, 6) is 3.04. The highest BCUT2D eigenvalue weighted by molar-refractivity contribution is 5.28. The molecule has 0 saturated heterocycles. The standard InChI is InChI=1S/C14H20/c1-3-7-13-11(5-1)9-10-12-6-2-4-8-14(12)13/h1,5,9,12-14H,2-4,6-8,10H2. The van der Waals surface area contributed by atoms with Crippen molar-refractivity contribution in [1.82, 2.24) is 0 Å². The summed E-state index contributed by atoms with van der Waals surface area (Å²) >= 11 is 0. The van der Waals surface area contributed by atoms with Gasteiger partial charge in [0.05, 0.1) is 0 Å². The zero-order valence-electron chi connectivity index (χ0n) is 8.91. The molecule has 0 aromatic rings. The van der Waals surface area contributed by atoms with E-state index in [1.54, 1.807) is 5.57 Å². The van der Waals surface area contributed by atoms with Crippen LogP contribution in [0.5, 0.6) is 0 Å². The first-order valence-electron chi connectivity index (χ1n) is 6.32. The van der Waals surface area contributed by atoms with Crippen LogP contribution in [0.25, 0.3) is 0 Å². The van der Waals surface area contributed by atoms with Crippen molar-refractivity contribution in [2.75, 3.05) is 0 Å². The number of allylic oxidation sites excluding steroid dienone is 4. The molecule has 0 aromatic heterocycles. The highest BCUT2D eigenvalue weighted by atomic mass is 14.4. The molecule has 3 aliphatic rings. The maximum atomic E-state index is 2.53. The SMILES string of the molecule is C1=CC2=CCC3CCCCC3C2CC1. The minimum Gasteiger partial charge on any atom is -0.0842 e. The molecule has 0 radical (unpaired) electrons. The fraction of sp³-hybridized carbons (Fsp3) is 0.714. The monoisotopic (exact) mass is 188 g/mol. The Labute approximate surface area is 87.1 Å². The Hall–Kier alpha value is -0.520. The van der Waals surface area contributed by atoms with Crippen molar-refractivity contribution in [1.29, 1.82) is 0 Å². The largest absolute Gasteiger partial charge is 0.0842 e. The number of rotatable bonds is 0. The van der Waals surface area contributed by atoms with Gasteiger partial charge in [-0.1, -0.05) is 31.1 Å². The second-order valence-electron chi connectivity index (χ2n) is 5.23. The summed E-state index contributed by atoms with van der Waals surface area (Å²) in [4.78, 5) is 0. The predicted octanol–water partition coefficient (Wildman–Crippen LogP) is 4.09. The van der Waals surface area contributed by atoms with E-state index in [4.69, 9.17) is 0 Å². The average molecular weight is 188 g/mol. The summed E-state index contributed by atoms with van der Waals surface area (Å²) in [6.07, 6.45) is 17.4. The van der Waals surface area contributed by atoms with Gasteiger partial charge in [-0.2, -0.15) is 0 Å². The van der Waals surface area contributed by atoms with Crippen molar-refractivity contribution in [2.45, 2.75) is 44.9 Å². The van der Waals surface area contributed by atoms with Gasteiger partial charge < -0.3 is 0 Å². The Kier molecular flexibility index (Phi) is 2.23. The van der Waals surface area contributed by atoms with Crippen molar-refractivity contribution in [2.24, 2.45) is 17.8 Å². The zero-order valence-corrected chi connectivity index (χ0v) is 8.91. The summed E-state index contributed by atoms with van der Waals surface area (Å²) in [7, 11) is 0. The molecule has 0 bridgehead atoms. The first-order chi connectivity index (χ1) is 6.95. The van der Waals surface area contributed by atoms with Crippen LogP contribution >= 0.6 is 0 Å². The van der Waals surface area contributed by atoms with Crippen LogP contribution in [-0.2, 0) is 0 Å². The van der Waals surface area contributed by atoms with Gasteiger partial charge >= 0.3 is 0 Å². The molecule has 0 amide bonds. The van der Waals surface area contributed by atoms with E-state index in [1.165, 1.54) is 44.9 Å². The number of fused-ring (bicyclic) bond motifs is 3. The van der Waals surface area contributed by atoms with E-state index in [2.05, 4.69) is 18.2 Å². The second-order valence-corrected chi connectivity index (χ2v) is 5.23. The summed E-state index contributed by atoms with van der Waals surface area (Å²) in [6, 6.07) is 0. The third-order valence-corrected chi connectivity index (χ3v) is 4.52. The molecule has 14 heavy (non-hydrogen) atoms. The molecule has 1 fully saturated rings. The first-order valence-corrected chi connectivity index (χ1v) is 6.32. The molecule has 0 nitrogen and oxygen atoms in total. The van der Waals surface area contributed by atoms with E-state index < -0.39 is 0 Å². The Morgan fingerprint density at radius 3 is 3.00 bits per heavy atom. The zero-order chi connectivity index (χ0) is 9.38. The van der Waals surface area contributed by atoms with Crippen molar-refractivity contribution in [3.63, 3.8) is 0 Å². The molecule has 3 rings (SSSR count). The van der Waals surface area contributed by atoms with Crippen LogP contribution in [0.2, 0.25) is 0 Å². The van der Waals surface area contributed by atoms with E-state index in [0.717, 1.165) is 17.8 Å². The lowest BCUT2D eigenvalue weighted by molar-refractivity contribution is 0.163. The van der Waals surface area contributed by atoms with E-state index in [9.17, 15) is 0 Å². The fourth-order valence-corrected chi connectivity index (χ4v) is 3.81. The lowest BCUT2D eigenvalue weighted by Crippen LogP contribution is -2.31. The van der Waals surface area contributed by atoms with Crippen LogP contribution in [0, 0.1) is 17.8 Å². The Balaban J connectivity index is 1.88. The fourth-order valence-electron chi connectivity index (χ4n) is 3.81. The smallest absolute Gasteiger partial charge is 0.0131 e. The maximum absolute atomic E-state index is 2.53. The molecular formula is C14H20. The highest BCUT2D eigenvalue weighted by Crippen LogP contribution is 2.46. The molecule has 3 unspecified atom stereocenters. The molecule has 0 aliphatic heterocycles. The van der Waals surface area contributed by atoms with Crippen LogP contribution < -0.4 is 0 Å². The number of hydrogen-bond donors (Lipinski definition) is 0. The van der Waals surface area contributed by atoms with Crippen LogP contribution in [-0.4, -0.2) is 0 Å². The highest BCUT2D eigenvalue weighted by Gasteiger charge is 2.35. The quantitative estimate of drug-likeness (QED) is 0.537. The predicted molar refractivity (Wildman–Crippen MR) is 60.0 cm³/mol. The Morgan fingerprint density at radius 1 is 1.07 bits per heavy atom. The molecule has 1 saturated carbocycles. The van der Waals surface area contributed by atoms with Crippen LogP contribution in [0.3, 0.4) is 0 Å². The summed E-state index contributed by atoms with van der Waals surface area (Å²) in [5, 5.41) is 0. The third-order valence-electron chi connectivity index (χ3n) is 4.52. The molecule has 76 valence electrons. The van der Waals surface area contributed by atoms with Crippen molar-refractivity contribution < 1.29 is 0 Å². The van der Waals surface area contributed by atoms with E-state index in [0.29, 0.717) is 0 Å². The van der Waals surface area contributed by atoms with Gasteiger partial charge in [-0.25, -0.2) is 0 Å². The lowest BCUT2D eigenvalue weighted by Gasteiger charge is -2.42.